The van der Waals surface area contributed by atoms with E-state index in [1.807, 2.05) is 55.5 Å². The van der Waals surface area contributed by atoms with Gasteiger partial charge in [-0.15, -0.1) is 0 Å². The molecule has 0 radical (unpaired) electrons. The molecular formula is C31H32N2O4. The Morgan fingerprint density at radius 2 is 1.78 bits per heavy atom. The first kappa shape index (κ1) is 25.8. The van der Waals surface area contributed by atoms with E-state index >= 15 is 0 Å². The predicted molar refractivity (Wildman–Crippen MR) is 145 cm³/mol. The van der Waals surface area contributed by atoms with Crippen molar-refractivity contribution < 1.29 is 19.0 Å². The second-order valence-corrected chi connectivity index (χ2v) is 8.94. The Labute approximate surface area is 218 Å². The minimum Gasteiger partial charge on any atom is -0.493 e. The number of aryl methyl sites for hydroxylation is 2. The van der Waals surface area contributed by atoms with Crippen LogP contribution in [0.15, 0.2) is 66.2 Å². The Morgan fingerprint density at radius 1 is 0.973 bits per heavy atom. The topological polar surface area (TPSA) is 71.8 Å². The maximum Gasteiger partial charge on any atom is 0.268 e. The monoisotopic (exact) mass is 496 g/mol. The lowest BCUT2D eigenvalue weighted by molar-refractivity contribution is -0.114. The van der Waals surface area contributed by atoms with Gasteiger partial charge in [-0.3, -0.25) is 4.79 Å². The van der Waals surface area contributed by atoms with Crippen molar-refractivity contribution in [3.05, 3.63) is 88.5 Å². The first-order chi connectivity index (χ1) is 18.0. The van der Waals surface area contributed by atoms with Crippen molar-refractivity contribution >= 4 is 17.7 Å². The third-order valence-corrected chi connectivity index (χ3v) is 6.36. The molecule has 0 fully saturated rings. The third kappa shape index (κ3) is 6.31. The highest BCUT2D eigenvalue weighted by molar-refractivity contribution is 6.12. The summed E-state index contributed by atoms with van der Waals surface area (Å²) >= 11 is 0. The van der Waals surface area contributed by atoms with Crippen molar-refractivity contribution in [2.45, 2.75) is 33.6 Å². The molecule has 6 heteroatoms. The molecule has 6 nitrogen and oxygen atoms in total. The number of nitriles is 1. The number of anilines is 1. The summed E-state index contributed by atoms with van der Waals surface area (Å²) in [6.07, 6.45) is 3.11. The first-order valence-corrected chi connectivity index (χ1v) is 12.6. The molecule has 0 atom stereocenters. The van der Waals surface area contributed by atoms with Crippen LogP contribution in [0.1, 0.15) is 35.6 Å². The number of nitrogens with zero attached hydrogens (tertiary/aromatic N) is 2. The molecule has 1 heterocycles. The first-order valence-electron chi connectivity index (χ1n) is 12.6. The van der Waals surface area contributed by atoms with Crippen LogP contribution < -0.4 is 19.1 Å². The summed E-state index contributed by atoms with van der Waals surface area (Å²) in [6, 6.07) is 21.4. The third-order valence-electron chi connectivity index (χ3n) is 6.36. The summed E-state index contributed by atoms with van der Waals surface area (Å²) in [5.74, 6) is 1.75. The highest BCUT2D eigenvalue weighted by atomic mass is 16.5. The molecule has 4 rings (SSSR count). The number of fused-ring (bicyclic) bond motifs is 1. The van der Waals surface area contributed by atoms with Crippen LogP contribution in [0.2, 0.25) is 0 Å². The van der Waals surface area contributed by atoms with E-state index in [1.54, 1.807) is 17.0 Å². The average Bonchev–Trinajstić information content (AvgIpc) is 3.34. The summed E-state index contributed by atoms with van der Waals surface area (Å²) in [5, 5.41) is 9.74. The second-order valence-electron chi connectivity index (χ2n) is 8.94. The molecule has 3 aromatic rings. The van der Waals surface area contributed by atoms with Crippen molar-refractivity contribution in [3.8, 4) is 23.3 Å². The molecule has 0 spiro atoms. The van der Waals surface area contributed by atoms with Crippen molar-refractivity contribution in [3.63, 3.8) is 0 Å². The Morgan fingerprint density at radius 3 is 2.57 bits per heavy atom. The number of hydrogen-bond donors (Lipinski definition) is 0. The molecule has 0 unspecified atom stereocenters. The van der Waals surface area contributed by atoms with Crippen LogP contribution in [-0.2, 0) is 11.2 Å². The lowest BCUT2D eigenvalue weighted by atomic mass is 10.1. The SMILES string of the molecule is CCOc1cc(/C=C(\C#N)C(=O)N2CCc3ccccc32)ccc1OCCCOc1ccc(C)c(C)c1. The normalized spacial score (nSPS) is 12.6. The highest BCUT2D eigenvalue weighted by Crippen LogP contribution is 2.31. The smallest absolute Gasteiger partial charge is 0.268 e. The standard InChI is InChI=1S/C31H32N2O4/c1-4-35-30-20-24(19-26(21-32)31(34)33-15-14-25-8-5-6-9-28(25)33)11-13-29(30)37-17-7-16-36-27-12-10-22(2)23(3)18-27/h5-6,8-13,18-20H,4,7,14-17H2,1-3H3/b26-19+. The fourth-order valence-electron chi connectivity index (χ4n) is 4.24. The van der Waals surface area contributed by atoms with Crippen molar-refractivity contribution in [2.24, 2.45) is 0 Å². The highest BCUT2D eigenvalue weighted by Gasteiger charge is 2.26. The molecule has 37 heavy (non-hydrogen) atoms. The Bertz CT molecular complexity index is 1340. The van der Waals surface area contributed by atoms with E-state index in [9.17, 15) is 10.1 Å². The molecule has 190 valence electrons. The van der Waals surface area contributed by atoms with Crippen molar-refractivity contribution in [2.75, 3.05) is 31.3 Å². The lowest BCUT2D eigenvalue weighted by Crippen LogP contribution is -2.29. The Kier molecular flexibility index (Phi) is 8.48. The van der Waals surface area contributed by atoms with Gasteiger partial charge in [0.25, 0.3) is 5.91 Å². The number of para-hydroxylation sites is 1. The number of amides is 1. The van der Waals surface area contributed by atoms with E-state index in [2.05, 4.69) is 26.0 Å². The van der Waals surface area contributed by atoms with Gasteiger partial charge in [0.1, 0.15) is 17.4 Å². The van der Waals surface area contributed by atoms with Crippen LogP contribution in [0, 0.1) is 25.2 Å². The molecule has 0 saturated heterocycles. The molecule has 1 aliphatic rings. The maximum atomic E-state index is 13.1. The Balaban J connectivity index is 1.39. The number of rotatable bonds is 10. The van der Waals surface area contributed by atoms with Gasteiger partial charge in [0.2, 0.25) is 0 Å². The zero-order valence-electron chi connectivity index (χ0n) is 21.6. The lowest BCUT2D eigenvalue weighted by Gasteiger charge is -2.17. The van der Waals surface area contributed by atoms with Crippen LogP contribution in [0.5, 0.6) is 17.2 Å². The molecule has 0 saturated carbocycles. The van der Waals surface area contributed by atoms with Crippen LogP contribution in [0.3, 0.4) is 0 Å². The van der Waals surface area contributed by atoms with Crippen LogP contribution in [-0.4, -0.2) is 32.3 Å². The van der Waals surface area contributed by atoms with Gasteiger partial charge >= 0.3 is 0 Å². The van der Waals surface area contributed by atoms with E-state index in [4.69, 9.17) is 14.2 Å². The van der Waals surface area contributed by atoms with Gasteiger partial charge in [-0.25, -0.2) is 0 Å². The molecule has 0 bridgehead atoms. The Hall–Kier alpha value is -4.24. The number of hydrogen-bond acceptors (Lipinski definition) is 5. The van der Waals surface area contributed by atoms with Gasteiger partial charge in [-0.2, -0.15) is 5.26 Å². The molecular weight excluding hydrogens is 464 g/mol. The van der Waals surface area contributed by atoms with Gasteiger partial charge < -0.3 is 19.1 Å². The van der Waals surface area contributed by atoms with Crippen LogP contribution in [0.25, 0.3) is 6.08 Å². The molecule has 1 amide bonds. The maximum absolute atomic E-state index is 13.1. The van der Waals surface area contributed by atoms with Gasteiger partial charge in [0.05, 0.1) is 19.8 Å². The minimum atomic E-state index is -0.297. The zero-order valence-corrected chi connectivity index (χ0v) is 21.6. The quantitative estimate of drug-likeness (QED) is 0.194. The number of carbonyl (C=O) groups is 1. The van der Waals surface area contributed by atoms with E-state index in [-0.39, 0.29) is 11.5 Å². The van der Waals surface area contributed by atoms with Gasteiger partial charge in [0, 0.05) is 18.7 Å². The summed E-state index contributed by atoms with van der Waals surface area (Å²) in [6.45, 7) is 8.10. The molecule has 0 N–H and O–H groups in total. The van der Waals surface area contributed by atoms with Crippen LogP contribution >= 0.6 is 0 Å². The molecule has 0 aliphatic carbocycles. The van der Waals surface area contributed by atoms with E-state index in [1.165, 1.54) is 11.1 Å². The van der Waals surface area contributed by atoms with Crippen molar-refractivity contribution in [1.29, 1.82) is 5.26 Å². The zero-order chi connectivity index (χ0) is 26.2. The van der Waals surface area contributed by atoms with Crippen molar-refractivity contribution in [1.82, 2.24) is 0 Å². The van der Waals surface area contributed by atoms with Gasteiger partial charge in [-0.05, 0) is 85.9 Å². The predicted octanol–water partition coefficient (Wildman–Crippen LogP) is 6.05. The number of carbonyl (C=O) groups excluding carboxylic acids is 1. The summed E-state index contributed by atoms with van der Waals surface area (Å²) in [7, 11) is 0. The van der Waals surface area contributed by atoms with E-state index < -0.39 is 0 Å². The van der Waals surface area contributed by atoms with Gasteiger partial charge in [0.15, 0.2) is 11.5 Å². The minimum absolute atomic E-state index is 0.0799. The van der Waals surface area contributed by atoms with E-state index in [0.717, 1.165) is 23.4 Å². The average molecular weight is 497 g/mol. The second kappa shape index (κ2) is 12.1. The molecule has 0 aromatic heterocycles. The fourth-order valence-corrected chi connectivity index (χ4v) is 4.24. The van der Waals surface area contributed by atoms with Gasteiger partial charge in [-0.1, -0.05) is 30.3 Å². The molecule has 3 aromatic carbocycles. The van der Waals surface area contributed by atoms with E-state index in [0.29, 0.717) is 49.8 Å². The summed E-state index contributed by atoms with van der Waals surface area (Å²) < 4.78 is 17.6. The molecule has 1 aliphatic heterocycles. The van der Waals surface area contributed by atoms with Crippen LogP contribution in [0.4, 0.5) is 5.69 Å². The summed E-state index contributed by atoms with van der Waals surface area (Å²) in [5.41, 5.74) is 5.21. The fraction of sp³-hybridized carbons (Fsp3) is 0.290. The number of benzene rings is 3. The summed E-state index contributed by atoms with van der Waals surface area (Å²) in [4.78, 5) is 14.8. The number of ether oxygens (including phenoxy) is 3. The largest absolute Gasteiger partial charge is 0.493 e.